The zero-order valence-electron chi connectivity index (χ0n) is 6.68. The molecule has 0 aromatic heterocycles. The summed E-state index contributed by atoms with van der Waals surface area (Å²) in [5.74, 6) is 1.17. The van der Waals surface area contributed by atoms with Crippen LogP contribution in [0, 0.1) is 0 Å². The number of rotatable bonds is 3. The molecule has 0 bridgehead atoms. The number of hydrogen-bond acceptors (Lipinski definition) is 1. The van der Waals surface area contributed by atoms with Crippen molar-refractivity contribution < 1.29 is 4.74 Å². The molecule has 1 aliphatic rings. The number of hydrogen-bond donors (Lipinski definition) is 0. The van der Waals surface area contributed by atoms with Gasteiger partial charge in [-0.25, -0.2) is 0 Å². The average Bonchev–Trinajstić information content (AvgIpc) is 2.36. The Labute approximate surface area is 62.4 Å². The lowest BCUT2D eigenvalue weighted by Gasteiger charge is -2.05. The van der Waals surface area contributed by atoms with E-state index in [2.05, 4.69) is 19.1 Å². The van der Waals surface area contributed by atoms with Crippen LogP contribution in [-0.4, -0.2) is 6.61 Å². The van der Waals surface area contributed by atoms with E-state index < -0.39 is 0 Å². The van der Waals surface area contributed by atoms with Gasteiger partial charge in [0, 0.05) is 6.42 Å². The zero-order valence-corrected chi connectivity index (χ0v) is 6.68. The molecule has 1 heteroatoms. The molecule has 1 nitrogen and oxygen atoms in total. The summed E-state index contributed by atoms with van der Waals surface area (Å²) in [7, 11) is 0. The predicted octanol–water partition coefficient (Wildman–Crippen LogP) is 2.65. The van der Waals surface area contributed by atoms with E-state index in [-0.39, 0.29) is 0 Å². The standard InChI is InChI=1S/C9H14O/c1-3-8-6-5-7-9(8)10-4-2/h5-6H,3-4,7H2,1-2H3. The largest absolute Gasteiger partial charge is 0.498 e. The second-order valence-corrected chi connectivity index (χ2v) is 2.34. The molecule has 0 aliphatic heterocycles. The summed E-state index contributed by atoms with van der Waals surface area (Å²) in [5.41, 5.74) is 1.36. The minimum atomic E-state index is 0.792. The quantitative estimate of drug-likeness (QED) is 0.582. The second kappa shape index (κ2) is 3.45. The van der Waals surface area contributed by atoms with Gasteiger partial charge in [0.1, 0.15) is 5.76 Å². The number of allylic oxidation sites excluding steroid dienone is 3. The molecule has 1 aliphatic carbocycles. The maximum Gasteiger partial charge on any atom is 0.103 e. The Kier molecular flexibility index (Phi) is 2.55. The van der Waals surface area contributed by atoms with Gasteiger partial charge in [0.05, 0.1) is 6.61 Å². The summed E-state index contributed by atoms with van der Waals surface area (Å²) < 4.78 is 5.42. The second-order valence-electron chi connectivity index (χ2n) is 2.34. The molecule has 0 aromatic rings. The highest BCUT2D eigenvalue weighted by Crippen LogP contribution is 2.21. The molecule has 56 valence electrons. The van der Waals surface area contributed by atoms with E-state index in [0.717, 1.165) is 19.4 Å². The topological polar surface area (TPSA) is 9.23 Å². The molecule has 0 spiro atoms. The minimum Gasteiger partial charge on any atom is -0.498 e. The van der Waals surface area contributed by atoms with Crippen molar-refractivity contribution in [1.29, 1.82) is 0 Å². The Morgan fingerprint density at radius 3 is 2.90 bits per heavy atom. The third-order valence-electron chi connectivity index (χ3n) is 1.68. The summed E-state index contributed by atoms with van der Waals surface area (Å²) in [4.78, 5) is 0. The van der Waals surface area contributed by atoms with Crippen LogP contribution < -0.4 is 0 Å². The first-order chi connectivity index (χ1) is 4.88. The molecular formula is C9H14O. The Morgan fingerprint density at radius 2 is 2.30 bits per heavy atom. The molecule has 0 atom stereocenters. The zero-order chi connectivity index (χ0) is 7.40. The van der Waals surface area contributed by atoms with E-state index in [1.807, 2.05) is 6.92 Å². The van der Waals surface area contributed by atoms with Crippen LogP contribution in [0.3, 0.4) is 0 Å². The summed E-state index contributed by atoms with van der Waals surface area (Å²) in [6, 6.07) is 0. The van der Waals surface area contributed by atoms with Crippen LogP contribution in [0.2, 0.25) is 0 Å². The van der Waals surface area contributed by atoms with Crippen LogP contribution in [0.4, 0.5) is 0 Å². The third-order valence-corrected chi connectivity index (χ3v) is 1.68. The van der Waals surface area contributed by atoms with Crippen molar-refractivity contribution in [1.82, 2.24) is 0 Å². The van der Waals surface area contributed by atoms with Gasteiger partial charge < -0.3 is 4.74 Å². The lowest BCUT2D eigenvalue weighted by atomic mass is 10.2. The maximum absolute atomic E-state index is 5.42. The van der Waals surface area contributed by atoms with Crippen LogP contribution in [0.5, 0.6) is 0 Å². The molecule has 0 unspecified atom stereocenters. The first kappa shape index (κ1) is 7.39. The summed E-state index contributed by atoms with van der Waals surface area (Å²) in [5, 5.41) is 0. The van der Waals surface area contributed by atoms with Crippen LogP contribution in [0.15, 0.2) is 23.5 Å². The minimum absolute atomic E-state index is 0.792. The van der Waals surface area contributed by atoms with Crippen molar-refractivity contribution >= 4 is 0 Å². The molecule has 0 fully saturated rings. The Hall–Kier alpha value is -0.720. The normalized spacial score (nSPS) is 16.6. The molecule has 10 heavy (non-hydrogen) atoms. The molecular weight excluding hydrogens is 124 g/mol. The fourth-order valence-electron chi connectivity index (χ4n) is 1.17. The van der Waals surface area contributed by atoms with Crippen molar-refractivity contribution in [2.24, 2.45) is 0 Å². The van der Waals surface area contributed by atoms with Gasteiger partial charge in [-0.05, 0) is 18.9 Å². The van der Waals surface area contributed by atoms with Crippen molar-refractivity contribution in [2.75, 3.05) is 6.61 Å². The van der Waals surface area contributed by atoms with E-state index in [4.69, 9.17) is 4.74 Å². The first-order valence-electron chi connectivity index (χ1n) is 3.89. The van der Waals surface area contributed by atoms with Crippen LogP contribution in [0.1, 0.15) is 26.7 Å². The monoisotopic (exact) mass is 138 g/mol. The highest BCUT2D eigenvalue weighted by molar-refractivity contribution is 5.30. The molecule has 0 aromatic carbocycles. The van der Waals surface area contributed by atoms with Crippen LogP contribution in [0.25, 0.3) is 0 Å². The van der Waals surface area contributed by atoms with Crippen molar-refractivity contribution in [3.63, 3.8) is 0 Å². The van der Waals surface area contributed by atoms with Gasteiger partial charge in [0.25, 0.3) is 0 Å². The smallest absolute Gasteiger partial charge is 0.103 e. The van der Waals surface area contributed by atoms with Crippen LogP contribution in [-0.2, 0) is 4.74 Å². The SMILES string of the molecule is CCOC1=C(CC)C=CC1. The Morgan fingerprint density at radius 1 is 1.50 bits per heavy atom. The van der Waals surface area contributed by atoms with E-state index in [1.165, 1.54) is 11.3 Å². The highest BCUT2D eigenvalue weighted by Gasteiger charge is 2.06. The molecule has 0 saturated heterocycles. The number of ether oxygens (including phenoxy) is 1. The summed E-state index contributed by atoms with van der Waals surface area (Å²) in [6.45, 7) is 4.98. The van der Waals surface area contributed by atoms with E-state index in [9.17, 15) is 0 Å². The van der Waals surface area contributed by atoms with E-state index in [1.54, 1.807) is 0 Å². The van der Waals surface area contributed by atoms with Gasteiger partial charge in [0.2, 0.25) is 0 Å². The van der Waals surface area contributed by atoms with E-state index in [0.29, 0.717) is 0 Å². The lowest BCUT2D eigenvalue weighted by Crippen LogP contribution is -1.90. The summed E-state index contributed by atoms with van der Waals surface area (Å²) in [6.07, 6.45) is 6.40. The molecule has 0 saturated carbocycles. The Balaban J connectivity index is 2.56. The van der Waals surface area contributed by atoms with E-state index >= 15 is 0 Å². The molecule has 1 rings (SSSR count). The van der Waals surface area contributed by atoms with Gasteiger partial charge in [-0.15, -0.1) is 0 Å². The average molecular weight is 138 g/mol. The van der Waals surface area contributed by atoms with Gasteiger partial charge in [-0.1, -0.05) is 19.1 Å². The maximum atomic E-state index is 5.42. The molecule has 0 amide bonds. The van der Waals surface area contributed by atoms with Gasteiger partial charge in [-0.2, -0.15) is 0 Å². The van der Waals surface area contributed by atoms with Crippen molar-refractivity contribution in [3.8, 4) is 0 Å². The fourth-order valence-corrected chi connectivity index (χ4v) is 1.17. The lowest BCUT2D eigenvalue weighted by molar-refractivity contribution is 0.223. The molecule has 0 radical (unpaired) electrons. The van der Waals surface area contributed by atoms with Crippen LogP contribution >= 0.6 is 0 Å². The van der Waals surface area contributed by atoms with Gasteiger partial charge >= 0.3 is 0 Å². The van der Waals surface area contributed by atoms with Gasteiger partial charge in [0.15, 0.2) is 0 Å². The predicted molar refractivity (Wildman–Crippen MR) is 42.7 cm³/mol. The highest BCUT2D eigenvalue weighted by atomic mass is 16.5. The molecule has 0 N–H and O–H groups in total. The van der Waals surface area contributed by atoms with Crippen molar-refractivity contribution in [2.45, 2.75) is 26.7 Å². The van der Waals surface area contributed by atoms with Crippen molar-refractivity contribution in [3.05, 3.63) is 23.5 Å². The summed E-state index contributed by atoms with van der Waals surface area (Å²) >= 11 is 0. The third kappa shape index (κ3) is 1.41. The fraction of sp³-hybridized carbons (Fsp3) is 0.556. The first-order valence-corrected chi connectivity index (χ1v) is 3.89. The van der Waals surface area contributed by atoms with Gasteiger partial charge in [-0.3, -0.25) is 0 Å². The Bertz CT molecular complexity index is 166. The molecule has 0 heterocycles.